The van der Waals surface area contributed by atoms with Gasteiger partial charge in [-0.1, -0.05) is 41.6 Å². The number of carbonyl (C=O) groups is 1. The highest BCUT2D eigenvalue weighted by Crippen LogP contribution is 2.30. The molecule has 2 heterocycles. The zero-order valence-electron chi connectivity index (χ0n) is 16.2. The normalized spacial score (nSPS) is 11.0. The highest BCUT2D eigenvalue weighted by Gasteiger charge is 2.18. The number of benzene rings is 2. The van der Waals surface area contributed by atoms with E-state index in [2.05, 4.69) is 15.5 Å². The molecule has 31 heavy (non-hydrogen) atoms. The Labute approximate surface area is 185 Å². The molecule has 0 aliphatic carbocycles. The molecule has 0 saturated carbocycles. The van der Waals surface area contributed by atoms with Gasteiger partial charge in [-0.25, -0.2) is 0 Å². The van der Waals surface area contributed by atoms with Crippen molar-refractivity contribution in [2.24, 2.45) is 0 Å². The number of hydrogen-bond donors (Lipinski definition) is 1. The average molecular weight is 458 g/mol. The van der Waals surface area contributed by atoms with Gasteiger partial charge in [0, 0.05) is 24.1 Å². The summed E-state index contributed by atoms with van der Waals surface area (Å²) in [5.74, 6) is 0.819. The van der Waals surface area contributed by atoms with Crippen LogP contribution in [0.25, 0.3) is 22.6 Å². The number of nitro benzene ring substituents is 1. The molecule has 0 unspecified atom stereocenters. The number of para-hydroxylation sites is 1. The summed E-state index contributed by atoms with van der Waals surface area (Å²) in [7, 11) is 0. The Kier molecular flexibility index (Phi) is 5.92. The summed E-state index contributed by atoms with van der Waals surface area (Å²) in [6.07, 6.45) is 0. The predicted molar refractivity (Wildman–Crippen MR) is 118 cm³/mol. The molecule has 1 N–H and O–H groups in total. The summed E-state index contributed by atoms with van der Waals surface area (Å²) >= 11 is 7.23. The van der Waals surface area contributed by atoms with Gasteiger partial charge in [-0.05, 0) is 25.1 Å². The average Bonchev–Trinajstić information content (AvgIpc) is 3.36. The topological polar surface area (TPSA) is 116 Å². The summed E-state index contributed by atoms with van der Waals surface area (Å²) < 4.78 is 7.73. The highest BCUT2D eigenvalue weighted by atomic mass is 35.5. The molecule has 0 atom stereocenters. The molecule has 158 valence electrons. The van der Waals surface area contributed by atoms with Crippen molar-refractivity contribution in [3.05, 3.63) is 63.7 Å². The maximum absolute atomic E-state index is 12.4. The van der Waals surface area contributed by atoms with E-state index in [1.807, 2.05) is 41.8 Å². The summed E-state index contributed by atoms with van der Waals surface area (Å²) in [4.78, 5) is 22.8. The number of anilines is 1. The lowest BCUT2D eigenvalue weighted by atomic mass is 10.2. The molecule has 0 fully saturated rings. The van der Waals surface area contributed by atoms with Crippen LogP contribution in [0.5, 0.6) is 0 Å². The molecule has 1 amide bonds. The zero-order chi connectivity index (χ0) is 22.0. The van der Waals surface area contributed by atoms with Gasteiger partial charge in [0.1, 0.15) is 5.58 Å². The molecule has 0 aliphatic rings. The number of rotatable bonds is 7. The summed E-state index contributed by atoms with van der Waals surface area (Å²) in [5, 5.41) is 23.7. The molecule has 4 aromatic rings. The molecule has 0 saturated heterocycles. The van der Waals surface area contributed by atoms with Gasteiger partial charge in [-0.2, -0.15) is 0 Å². The monoisotopic (exact) mass is 457 g/mol. The fraction of sp³-hybridized carbons (Fsp3) is 0.150. The van der Waals surface area contributed by atoms with E-state index in [-0.39, 0.29) is 28.1 Å². The SMILES string of the molecule is CCn1c(SCC(=O)Nc2cc([N+](=O)[O-])ccc2Cl)nnc1-c1cc2ccccc2o1. The fourth-order valence-corrected chi connectivity index (χ4v) is 3.96. The van der Waals surface area contributed by atoms with Crippen LogP contribution in [0.15, 0.2) is 58.1 Å². The summed E-state index contributed by atoms with van der Waals surface area (Å²) in [5.41, 5.74) is 0.778. The number of aromatic nitrogens is 3. The van der Waals surface area contributed by atoms with Crippen molar-refractivity contribution in [2.75, 3.05) is 11.1 Å². The second-order valence-corrected chi connectivity index (χ2v) is 7.81. The van der Waals surface area contributed by atoms with Gasteiger partial charge in [-0.3, -0.25) is 19.5 Å². The molecule has 0 spiro atoms. The number of amides is 1. The first-order valence-electron chi connectivity index (χ1n) is 9.25. The van der Waals surface area contributed by atoms with Crippen LogP contribution in [-0.4, -0.2) is 31.3 Å². The third-order valence-corrected chi connectivity index (χ3v) is 5.74. The largest absolute Gasteiger partial charge is 0.453 e. The van der Waals surface area contributed by atoms with Crippen molar-refractivity contribution in [1.82, 2.24) is 14.8 Å². The van der Waals surface area contributed by atoms with Gasteiger partial charge >= 0.3 is 0 Å². The Balaban J connectivity index is 1.48. The van der Waals surface area contributed by atoms with Gasteiger partial charge in [0.05, 0.1) is 21.4 Å². The first-order valence-corrected chi connectivity index (χ1v) is 10.6. The number of halogens is 1. The molecule has 0 bridgehead atoms. The summed E-state index contributed by atoms with van der Waals surface area (Å²) in [6.45, 7) is 2.53. The lowest BCUT2D eigenvalue weighted by Gasteiger charge is -2.08. The Bertz CT molecular complexity index is 1250. The van der Waals surface area contributed by atoms with Crippen molar-refractivity contribution >= 4 is 51.6 Å². The van der Waals surface area contributed by atoms with Crippen LogP contribution < -0.4 is 5.32 Å². The van der Waals surface area contributed by atoms with Crippen molar-refractivity contribution in [1.29, 1.82) is 0 Å². The van der Waals surface area contributed by atoms with E-state index in [0.717, 1.165) is 11.0 Å². The summed E-state index contributed by atoms with van der Waals surface area (Å²) in [6, 6.07) is 13.4. The smallest absolute Gasteiger partial charge is 0.271 e. The first kappa shape index (κ1) is 20.9. The molecule has 2 aromatic carbocycles. The Hall–Kier alpha value is -3.37. The standard InChI is InChI=1S/C20H16ClN5O4S/c1-2-25-19(17-9-12-5-3-4-6-16(12)30-17)23-24-20(25)31-11-18(27)22-15-10-13(26(28)29)7-8-14(15)21/h3-10H,2,11H2,1H3,(H,22,27). The molecule has 11 heteroatoms. The Morgan fingerprint density at radius 1 is 1.26 bits per heavy atom. The van der Waals surface area contributed by atoms with E-state index in [9.17, 15) is 14.9 Å². The minimum Gasteiger partial charge on any atom is -0.453 e. The van der Waals surface area contributed by atoms with Crippen molar-refractivity contribution in [2.45, 2.75) is 18.6 Å². The maximum Gasteiger partial charge on any atom is 0.271 e. The fourth-order valence-electron chi connectivity index (χ4n) is 2.99. The van der Waals surface area contributed by atoms with Gasteiger partial charge in [-0.15, -0.1) is 10.2 Å². The van der Waals surface area contributed by atoms with E-state index >= 15 is 0 Å². The minimum atomic E-state index is -0.552. The number of nitrogens with one attached hydrogen (secondary N) is 1. The number of non-ortho nitro benzene ring substituents is 1. The second-order valence-electron chi connectivity index (χ2n) is 6.46. The predicted octanol–water partition coefficient (Wildman–Crippen LogP) is 5.00. The third-order valence-electron chi connectivity index (χ3n) is 4.45. The molecule has 9 nitrogen and oxygen atoms in total. The number of furan rings is 1. The Morgan fingerprint density at radius 2 is 2.06 bits per heavy atom. The van der Waals surface area contributed by atoms with Crippen LogP contribution >= 0.6 is 23.4 Å². The Morgan fingerprint density at radius 3 is 2.81 bits per heavy atom. The lowest BCUT2D eigenvalue weighted by molar-refractivity contribution is -0.384. The van der Waals surface area contributed by atoms with Crippen LogP contribution in [-0.2, 0) is 11.3 Å². The van der Waals surface area contributed by atoms with Gasteiger partial charge in [0.25, 0.3) is 5.69 Å². The van der Waals surface area contributed by atoms with Crippen LogP contribution in [0, 0.1) is 10.1 Å². The van der Waals surface area contributed by atoms with Crippen LogP contribution in [0.4, 0.5) is 11.4 Å². The van der Waals surface area contributed by atoms with Crippen molar-refractivity contribution < 1.29 is 14.1 Å². The minimum absolute atomic E-state index is 0.0251. The van der Waals surface area contributed by atoms with Crippen molar-refractivity contribution in [3.63, 3.8) is 0 Å². The van der Waals surface area contributed by atoms with Crippen LogP contribution in [0.1, 0.15) is 6.92 Å². The number of nitro groups is 1. The van der Waals surface area contributed by atoms with E-state index in [1.54, 1.807) is 0 Å². The van der Waals surface area contributed by atoms with Gasteiger partial charge in [0.2, 0.25) is 11.7 Å². The van der Waals surface area contributed by atoms with E-state index in [1.165, 1.54) is 30.0 Å². The van der Waals surface area contributed by atoms with Crippen molar-refractivity contribution in [3.8, 4) is 11.6 Å². The van der Waals surface area contributed by atoms with Crippen LogP contribution in [0.2, 0.25) is 5.02 Å². The zero-order valence-corrected chi connectivity index (χ0v) is 17.8. The molecule has 0 aliphatic heterocycles. The van der Waals surface area contributed by atoms with E-state index in [0.29, 0.717) is 23.3 Å². The number of hydrogen-bond acceptors (Lipinski definition) is 7. The quantitative estimate of drug-likeness (QED) is 0.235. The molecule has 2 aromatic heterocycles. The highest BCUT2D eigenvalue weighted by molar-refractivity contribution is 7.99. The second kappa shape index (κ2) is 8.78. The number of fused-ring (bicyclic) bond motifs is 1. The molecular formula is C20H16ClN5O4S. The van der Waals surface area contributed by atoms with E-state index < -0.39 is 4.92 Å². The third kappa shape index (κ3) is 4.39. The molecular weight excluding hydrogens is 442 g/mol. The first-order chi connectivity index (χ1) is 15.0. The van der Waals surface area contributed by atoms with Gasteiger partial charge in [0.15, 0.2) is 10.9 Å². The van der Waals surface area contributed by atoms with Crippen LogP contribution in [0.3, 0.4) is 0 Å². The number of nitrogens with zero attached hydrogens (tertiary/aromatic N) is 4. The molecule has 0 radical (unpaired) electrons. The number of thioether (sulfide) groups is 1. The van der Waals surface area contributed by atoms with Gasteiger partial charge < -0.3 is 9.73 Å². The maximum atomic E-state index is 12.4. The molecule has 4 rings (SSSR count). The lowest BCUT2D eigenvalue weighted by Crippen LogP contribution is -2.15. The number of carbonyl (C=O) groups excluding carboxylic acids is 1. The van der Waals surface area contributed by atoms with E-state index in [4.69, 9.17) is 16.0 Å².